The Morgan fingerprint density at radius 3 is 1.95 bits per heavy atom. The summed E-state index contributed by atoms with van der Waals surface area (Å²) in [6.07, 6.45) is 3.35. The minimum Gasteiger partial charge on any atom is -0.496 e. The van der Waals surface area contributed by atoms with E-state index in [1.54, 1.807) is 25.3 Å². The van der Waals surface area contributed by atoms with Crippen molar-refractivity contribution in [2.75, 3.05) is 30.0 Å². The maximum absolute atomic E-state index is 14.0. The van der Waals surface area contributed by atoms with Gasteiger partial charge in [-0.05, 0) is 86.9 Å². The Labute approximate surface area is 264 Å². The Bertz CT molecular complexity index is 1750. The van der Waals surface area contributed by atoms with Crippen LogP contribution >= 0.6 is 15.9 Å². The zero-order valence-corrected chi connectivity index (χ0v) is 25.7. The Balaban J connectivity index is 1.38. The third-order valence-corrected chi connectivity index (χ3v) is 9.47. The highest BCUT2D eigenvalue weighted by molar-refractivity contribution is 9.10. The summed E-state index contributed by atoms with van der Waals surface area (Å²) in [5, 5.41) is 2.40. The third kappa shape index (κ3) is 4.89. The number of ether oxygens (including phenoxy) is 1. The first-order valence-electron chi connectivity index (χ1n) is 14.7. The molecule has 8 heteroatoms. The monoisotopic (exact) mass is 647 g/mol. The van der Waals surface area contributed by atoms with Gasteiger partial charge in [-0.25, -0.2) is 9.69 Å². The molecular weight excluding hydrogens is 618 g/mol. The van der Waals surface area contributed by atoms with Gasteiger partial charge in [0.1, 0.15) is 11.3 Å². The molecule has 220 valence electrons. The summed E-state index contributed by atoms with van der Waals surface area (Å²) in [4.78, 5) is 44.0. The summed E-state index contributed by atoms with van der Waals surface area (Å²) in [5.41, 5.74) is 6.74. The number of rotatable bonds is 5. The molecule has 0 saturated carbocycles. The maximum atomic E-state index is 14.0. The van der Waals surface area contributed by atoms with Crippen LogP contribution in [0.25, 0.3) is 6.08 Å². The minimum absolute atomic E-state index is 0.104. The zero-order valence-electron chi connectivity index (χ0n) is 24.1. The summed E-state index contributed by atoms with van der Waals surface area (Å²) < 4.78 is 6.00. The number of nitrogens with one attached hydrogen (secondary N) is 1. The van der Waals surface area contributed by atoms with Gasteiger partial charge < -0.3 is 9.64 Å². The van der Waals surface area contributed by atoms with Crippen LogP contribution in [-0.4, -0.2) is 38.0 Å². The molecule has 0 radical (unpaired) electrons. The van der Waals surface area contributed by atoms with E-state index in [1.807, 2.05) is 48.5 Å². The van der Waals surface area contributed by atoms with Gasteiger partial charge in [-0.1, -0.05) is 66.7 Å². The minimum atomic E-state index is -0.754. The molecule has 0 unspecified atom stereocenters. The molecule has 1 fully saturated rings. The normalized spacial score (nSPS) is 20.4. The van der Waals surface area contributed by atoms with Crippen LogP contribution in [0.1, 0.15) is 52.5 Å². The lowest BCUT2D eigenvalue weighted by Crippen LogP contribution is -2.54. The number of carbonyl (C=O) groups excluding carboxylic acids is 3. The van der Waals surface area contributed by atoms with Crippen molar-refractivity contribution >= 4 is 51.2 Å². The lowest BCUT2D eigenvalue weighted by Gasteiger charge is -2.44. The molecule has 2 atom stereocenters. The number of barbiturate groups is 1. The van der Waals surface area contributed by atoms with E-state index < -0.39 is 17.8 Å². The lowest BCUT2D eigenvalue weighted by molar-refractivity contribution is -0.122. The number of urea groups is 1. The highest BCUT2D eigenvalue weighted by Crippen LogP contribution is 2.50. The van der Waals surface area contributed by atoms with Crippen molar-refractivity contribution in [1.82, 2.24) is 5.32 Å². The SMILES string of the molecule is COc1ccc(/C=C2\C(=O)NC(=O)N(c3cc4c5c(c3)[C@H](c3ccccc3)CCN5CC[C@H]4c3ccccc3)C2=O)cc1Br. The van der Waals surface area contributed by atoms with E-state index in [0.717, 1.165) is 42.0 Å². The average molecular weight is 649 g/mol. The second-order valence-corrected chi connectivity index (χ2v) is 12.2. The largest absolute Gasteiger partial charge is 0.496 e. The van der Waals surface area contributed by atoms with Crippen molar-refractivity contribution in [3.63, 3.8) is 0 Å². The van der Waals surface area contributed by atoms with E-state index >= 15 is 0 Å². The Morgan fingerprint density at radius 1 is 0.818 bits per heavy atom. The summed E-state index contributed by atoms with van der Waals surface area (Å²) in [7, 11) is 1.57. The van der Waals surface area contributed by atoms with Crippen molar-refractivity contribution in [1.29, 1.82) is 0 Å². The van der Waals surface area contributed by atoms with E-state index in [9.17, 15) is 14.4 Å². The van der Waals surface area contributed by atoms with Crippen LogP contribution in [0.4, 0.5) is 16.2 Å². The van der Waals surface area contributed by atoms with Gasteiger partial charge in [-0.2, -0.15) is 0 Å². The summed E-state index contributed by atoms with van der Waals surface area (Å²) in [6, 6.07) is 29.2. The number of methoxy groups -OCH3 is 1. The number of hydrogen-bond donors (Lipinski definition) is 1. The quantitative estimate of drug-likeness (QED) is 0.186. The number of anilines is 2. The maximum Gasteiger partial charge on any atom is 0.335 e. The van der Waals surface area contributed by atoms with Crippen LogP contribution < -0.4 is 19.9 Å². The molecule has 3 heterocycles. The van der Waals surface area contributed by atoms with Crippen LogP contribution in [0.5, 0.6) is 5.75 Å². The fourth-order valence-corrected chi connectivity index (χ4v) is 7.36. The Kier molecular flexibility index (Phi) is 7.30. The van der Waals surface area contributed by atoms with Crippen LogP contribution in [-0.2, 0) is 9.59 Å². The molecule has 0 aliphatic carbocycles. The van der Waals surface area contributed by atoms with Gasteiger partial charge in [0, 0.05) is 30.6 Å². The Hall–Kier alpha value is -4.69. The zero-order chi connectivity index (χ0) is 30.4. The Morgan fingerprint density at radius 2 is 1.41 bits per heavy atom. The third-order valence-electron chi connectivity index (χ3n) is 8.85. The standard InChI is InChI=1S/C36H30BrN3O4/c1-44-32-13-12-22(19-31(32)37)18-30-34(41)38-36(43)40(35(30)42)25-20-28-26(23-8-4-2-5-9-23)14-16-39-17-15-27(29(21-25)33(28)39)24-10-6-3-7-11-24/h2-13,18-21,26-27H,14-17H2,1H3,(H,38,41,43)/b30-18+/t26-,27-/m0/s1. The molecular formula is C36H30BrN3O4. The van der Waals surface area contributed by atoms with E-state index in [1.165, 1.54) is 22.9 Å². The molecule has 1 saturated heterocycles. The van der Waals surface area contributed by atoms with Gasteiger partial charge in [0.15, 0.2) is 0 Å². The molecule has 7 nitrogen and oxygen atoms in total. The first-order chi connectivity index (χ1) is 21.4. The van der Waals surface area contributed by atoms with E-state index in [2.05, 4.69) is 50.4 Å². The van der Waals surface area contributed by atoms with Crippen molar-refractivity contribution in [3.8, 4) is 5.75 Å². The van der Waals surface area contributed by atoms with Crippen molar-refractivity contribution in [2.45, 2.75) is 24.7 Å². The predicted octanol–water partition coefficient (Wildman–Crippen LogP) is 7.00. The van der Waals surface area contributed by atoms with Crippen LogP contribution in [0, 0.1) is 0 Å². The number of nitrogens with zero attached hydrogens (tertiary/aromatic N) is 2. The van der Waals surface area contributed by atoms with Gasteiger partial charge in [0.2, 0.25) is 0 Å². The summed E-state index contributed by atoms with van der Waals surface area (Å²) >= 11 is 3.46. The molecule has 3 aliphatic rings. The molecule has 0 aromatic heterocycles. The lowest BCUT2D eigenvalue weighted by atomic mass is 9.76. The molecule has 0 bridgehead atoms. The van der Waals surface area contributed by atoms with Gasteiger partial charge in [0.05, 0.1) is 17.3 Å². The van der Waals surface area contributed by atoms with Crippen molar-refractivity contribution in [3.05, 3.63) is 129 Å². The first-order valence-corrected chi connectivity index (χ1v) is 15.5. The molecule has 0 spiro atoms. The second kappa shape index (κ2) is 11.4. The van der Waals surface area contributed by atoms with Crippen molar-refractivity contribution in [2.24, 2.45) is 0 Å². The highest BCUT2D eigenvalue weighted by atomic mass is 79.9. The number of amides is 4. The number of halogens is 1. The van der Waals surface area contributed by atoms with Crippen LogP contribution in [0.15, 0.2) is 101 Å². The second-order valence-electron chi connectivity index (χ2n) is 11.3. The van der Waals surface area contributed by atoms with Gasteiger partial charge in [-0.3, -0.25) is 14.9 Å². The summed E-state index contributed by atoms with van der Waals surface area (Å²) in [6.45, 7) is 1.87. The first kappa shape index (κ1) is 28.1. The van der Waals surface area contributed by atoms with E-state index in [-0.39, 0.29) is 17.4 Å². The van der Waals surface area contributed by atoms with E-state index in [4.69, 9.17) is 4.74 Å². The fourth-order valence-electron chi connectivity index (χ4n) is 6.80. The summed E-state index contributed by atoms with van der Waals surface area (Å²) in [5.74, 6) is -0.549. The molecule has 44 heavy (non-hydrogen) atoms. The molecule has 3 aliphatic heterocycles. The van der Waals surface area contributed by atoms with Gasteiger partial charge >= 0.3 is 6.03 Å². The topological polar surface area (TPSA) is 79.0 Å². The number of carbonyl (C=O) groups is 3. The average Bonchev–Trinajstić information content (AvgIpc) is 3.04. The highest BCUT2D eigenvalue weighted by Gasteiger charge is 2.40. The van der Waals surface area contributed by atoms with Crippen molar-refractivity contribution < 1.29 is 19.1 Å². The molecule has 1 N–H and O–H groups in total. The van der Waals surface area contributed by atoms with Gasteiger partial charge in [0.25, 0.3) is 11.8 Å². The predicted molar refractivity (Wildman–Crippen MR) is 174 cm³/mol. The number of imide groups is 2. The molecule has 4 aromatic rings. The number of hydrogen-bond acceptors (Lipinski definition) is 5. The van der Waals surface area contributed by atoms with E-state index in [0.29, 0.717) is 21.5 Å². The van der Waals surface area contributed by atoms with Crippen LogP contribution in [0.2, 0.25) is 0 Å². The molecule has 4 amide bonds. The van der Waals surface area contributed by atoms with Crippen LogP contribution in [0.3, 0.4) is 0 Å². The molecule has 4 aromatic carbocycles. The molecule has 7 rings (SSSR count). The van der Waals surface area contributed by atoms with Gasteiger partial charge in [-0.15, -0.1) is 0 Å². The fraction of sp³-hybridized carbons (Fsp3) is 0.194. The number of benzene rings is 4. The smallest absolute Gasteiger partial charge is 0.335 e.